The van der Waals surface area contributed by atoms with Crippen LogP contribution in [0.1, 0.15) is 23.4 Å². The maximum Gasteiger partial charge on any atom is 0.147 e. The number of aromatic nitrogens is 2. The van der Waals surface area contributed by atoms with E-state index in [1.165, 1.54) is 17.7 Å². The minimum atomic E-state index is 0.454. The van der Waals surface area contributed by atoms with E-state index < -0.39 is 0 Å². The predicted octanol–water partition coefficient (Wildman–Crippen LogP) is 3.36. The van der Waals surface area contributed by atoms with E-state index in [9.17, 15) is 0 Å². The van der Waals surface area contributed by atoms with Gasteiger partial charge >= 0.3 is 0 Å². The summed E-state index contributed by atoms with van der Waals surface area (Å²) < 4.78 is 0. The van der Waals surface area contributed by atoms with Gasteiger partial charge in [0.1, 0.15) is 5.15 Å². The van der Waals surface area contributed by atoms with Gasteiger partial charge in [-0.1, -0.05) is 17.7 Å². The highest BCUT2D eigenvalue weighted by Gasteiger charge is 2.29. The quantitative estimate of drug-likeness (QED) is 0.840. The predicted molar refractivity (Wildman–Crippen MR) is 73.6 cm³/mol. The summed E-state index contributed by atoms with van der Waals surface area (Å²) in [7, 11) is 0. The molecule has 3 nitrogen and oxygen atoms in total. The molecule has 1 saturated carbocycles. The molecule has 0 unspecified atom stereocenters. The summed E-state index contributed by atoms with van der Waals surface area (Å²) in [4.78, 5) is 12.3. The van der Waals surface area contributed by atoms with Crippen LogP contribution in [0, 0.1) is 0 Å². The van der Waals surface area contributed by atoms with Crippen LogP contribution in [0.15, 0.2) is 29.9 Å². The van der Waals surface area contributed by atoms with Crippen LogP contribution in [0.2, 0.25) is 5.15 Å². The van der Waals surface area contributed by atoms with Crippen molar-refractivity contribution in [2.75, 3.05) is 0 Å². The third-order valence-electron chi connectivity index (χ3n) is 3.04. The molecule has 1 aliphatic carbocycles. The first kappa shape index (κ1) is 12.1. The van der Waals surface area contributed by atoms with Gasteiger partial charge in [0.15, 0.2) is 0 Å². The van der Waals surface area contributed by atoms with Crippen molar-refractivity contribution < 1.29 is 0 Å². The lowest BCUT2D eigenvalue weighted by Gasteiger charge is -2.20. The Labute approximate surface area is 115 Å². The molecule has 0 aliphatic heterocycles. The SMILES string of the molecule is Clc1cnc(CN(Cc2cccs2)C2CC2)cn1. The summed E-state index contributed by atoms with van der Waals surface area (Å²) in [5, 5.41) is 2.58. The highest BCUT2D eigenvalue weighted by Crippen LogP contribution is 2.30. The minimum Gasteiger partial charge on any atom is -0.289 e. The second-order valence-electron chi connectivity index (χ2n) is 4.55. The van der Waals surface area contributed by atoms with E-state index in [2.05, 4.69) is 32.4 Å². The number of rotatable bonds is 5. The highest BCUT2D eigenvalue weighted by atomic mass is 35.5. The summed E-state index contributed by atoms with van der Waals surface area (Å²) in [6, 6.07) is 5.00. The standard InChI is InChI=1S/C13H14ClN3S/c14-13-7-15-10(6-16-13)8-17(11-3-4-11)9-12-2-1-5-18-12/h1-2,5-7,11H,3-4,8-9H2. The molecule has 1 fully saturated rings. The van der Waals surface area contributed by atoms with Gasteiger partial charge in [0.25, 0.3) is 0 Å². The lowest BCUT2D eigenvalue weighted by atomic mass is 10.3. The Balaban J connectivity index is 1.68. The lowest BCUT2D eigenvalue weighted by Crippen LogP contribution is -2.25. The Bertz CT molecular complexity index is 493. The molecule has 0 spiro atoms. The molecule has 0 aromatic carbocycles. The normalized spacial score (nSPS) is 15.2. The average molecular weight is 280 g/mol. The number of nitrogens with zero attached hydrogens (tertiary/aromatic N) is 3. The Morgan fingerprint density at radius 3 is 2.78 bits per heavy atom. The molecule has 3 rings (SSSR count). The molecule has 0 bridgehead atoms. The Kier molecular flexibility index (Phi) is 3.59. The third-order valence-corrected chi connectivity index (χ3v) is 4.10. The van der Waals surface area contributed by atoms with Gasteiger partial charge in [-0.3, -0.25) is 9.88 Å². The molecule has 1 aliphatic rings. The van der Waals surface area contributed by atoms with Gasteiger partial charge in [-0.25, -0.2) is 4.98 Å². The maximum atomic E-state index is 5.75. The summed E-state index contributed by atoms with van der Waals surface area (Å²) in [6.45, 7) is 1.86. The van der Waals surface area contributed by atoms with Crippen molar-refractivity contribution in [3.63, 3.8) is 0 Å². The van der Waals surface area contributed by atoms with Crippen LogP contribution >= 0.6 is 22.9 Å². The van der Waals surface area contributed by atoms with Crippen LogP contribution in [-0.2, 0) is 13.1 Å². The van der Waals surface area contributed by atoms with E-state index >= 15 is 0 Å². The number of hydrogen-bond donors (Lipinski definition) is 0. The topological polar surface area (TPSA) is 29.0 Å². The van der Waals surface area contributed by atoms with Gasteiger partial charge in [-0.15, -0.1) is 11.3 Å². The largest absolute Gasteiger partial charge is 0.289 e. The highest BCUT2D eigenvalue weighted by molar-refractivity contribution is 7.09. The maximum absolute atomic E-state index is 5.75. The van der Waals surface area contributed by atoms with Crippen molar-refractivity contribution in [3.8, 4) is 0 Å². The van der Waals surface area contributed by atoms with E-state index in [0.29, 0.717) is 11.2 Å². The second-order valence-corrected chi connectivity index (χ2v) is 5.97. The number of hydrogen-bond acceptors (Lipinski definition) is 4. The van der Waals surface area contributed by atoms with E-state index in [1.54, 1.807) is 12.4 Å². The first-order valence-corrected chi connectivity index (χ1v) is 7.30. The summed E-state index contributed by atoms with van der Waals surface area (Å²) in [5.41, 5.74) is 0.989. The zero-order chi connectivity index (χ0) is 12.4. The Morgan fingerprint density at radius 1 is 1.28 bits per heavy atom. The van der Waals surface area contributed by atoms with Crippen molar-refractivity contribution in [2.24, 2.45) is 0 Å². The van der Waals surface area contributed by atoms with Crippen molar-refractivity contribution in [1.82, 2.24) is 14.9 Å². The molecule has 2 aromatic rings. The van der Waals surface area contributed by atoms with Crippen molar-refractivity contribution >= 4 is 22.9 Å². The van der Waals surface area contributed by atoms with Gasteiger partial charge in [0.05, 0.1) is 18.1 Å². The molecular weight excluding hydrogens is 266 g/mol. The minimum absolute atomic E-state index is 0.454. The second kappa shape index (κ2) is 5.34. The molecule has 94 valence electrons. The lowest BCUT2D eigenvalue weighted by molar-refractivity contribution is 0.244. The van der Waals surface area contributed by atoms with Gasteiger partial charge < -0.3 is 0 Å². The van der Waals surface area contributed by atoms with E-state index in [0.717, 1.165) is 18.8 Å². The van der Waals surface area contributed by atoms with Crippen LogP contribution in [-0.4, -0.2) is 20.9 Å². The third kappa shape index (κ3) is 3.07. The van der Waals surface area contributed by atoms with Gasteiger partial charge in [-0.05, 0) is 24.3 Å². The summed E-state index contributed by atoms with van der Waals surface area (Å²) >= 11 is 7.56. The molecule has 2 aromatic heterocycles. The van der Waals surface area contributed by atoms with E-state index in [4.69, 9.17) is 11.6 Å². The molecule has 18 heavy (non-hydrogen) atoms. The van der Waals surface area contributed by atoms with E-state index in [-0.39, 0.29) is 0 Å². The number of halogens is 1. The van der Waals surface area contributed by atoms with Crippen LogP contribution < -0.4 is 0 Å². The van der Waals surface area contributed by atoms with Crippen molar-refractivity contribution in [3.05, 3.63) is 45.6 Å². The van der Waals surface area contributed by atoms with Crippen molar-refractivity contribution in [1.29, 1.82) is 0 Å². The molecule has 0 radical (unpaired) electrons. The first-order valence-electron chi connectivity index (χ1n) is 6.04. The fourth-order valence-electron chi connectivity index (χ4n) is 1.99. The van der Waals surface area contributed by atoms with Crippen LogP contribution in [0.4, 0.5) is 0 Å². The van der Waals surface area contributed by atoms with Gasteiger partial charge in [-0.2, -0.15) is 0 Å². The molecule has 0 amide bonds. The van der Waals surface area contributed by atoms with Crippen LogP contribution in [0.25, 0.3) is 0 Å². The monoisotopic (exact) mass is 279 g/mol. The average Bonchev–Trinajstić information content (AvgIpc) is 3.10. The molecule has 2 heterocycles. The zero-order valence-electron chi connectivity index (χ0n) is 9.92. The summed E-state index contributed by atoms with van der Waals surface area (Å²) in [6.07, 6.45) is 5.98. The fourth-order valence-corrected chi connectivity index (χ4v) is 2.81. The van der Waals surface area contributed by atoms with Crippen LogP contribution in [0.5, 0.6) is 0 Å². The fraction of sp³-hybridized carbons (Fsp3) is 0.385. The molecule has 0 saturated heterocycles. The van der Waals surface area contributed by atoms with Crippen molar-refractivity contribution in [2.45, 2.75) is 32.0 Å². The smallest absolute Gasteiger partial charge is 0.147 e. The Morgan fingerprint density at radius 2 is 2.17 bits per heavy atom. The number of thiophene rings is 1. The van der Waals surface area contributed by atoms with Gasteiger partial charge in [0, 0.05) is 24.0 Å². The zero-order valence-corrected chi connectivity index (χ0v) is 11.5. The first-order chi connectivity index (χ1) is 8.81. The van der Waals surface area contributed by atoms with Crippen LogP contribution in [0.3, 0.4) is 0 Å². The van der Waals surface area contributed by atoms with Gasteiger partial charge in [0.2, 0.25) is 0 Å². The summed E-state index contributed by atoms with van der Waals surface area (Å²) in [5.74, 6) is 0. The Hall–Kier alpha value is -0.970. The molecular formula is C13H14ClN3S. The molecule has 0 N–H and O–H groups in total. The molecule has 5 heteroatoms. The van der Waals surface area contributed by atoms with E-state index in [1.807, 2.05) is 11.3 Å². The molecule has 0 atom stereocenters.